The Morgan fingerprint density at radius 1 is 1.46 bits per heavy atom. The van der Waals surface area contributed by atoms with Crippen molar-refractivity contribution < 1.29 is 5.11 Å². The summed E-state index contributed by atoms with van der Waals surface area (Å²) in [6.07, 6.45) is 13.3. The first-order valence-corrected chi connectivity index (χ1v) is 5.12. The molecule has 0 aromatic rings. The number of rotatable bonds is 3. The summed E-state index contributed by atoms with van der Waals surface area (Å²) in [5.74, 6) is 0.701. The lowest BCUT2D eigenvalue weighted by Gasteiger charge is -2.16. The van der Waals surface area contributed by atoms with Crippen LogP contribution in [0.1, 0.15) is 39.5 Å². The van der Waals surface area contributed by atoms with Gasteiger partial charge in [-0.1, -0.05) is 24.3 Å². The molecule has 74 valence electrons. The first-order valence-electron chi connectivity index (χ1n) is 5.12. The molecule has 1 atom stereocenters. The summed E-state index contributed by atoms with van der Waals surface area (Å²) in [7, 11) is 0. The van der Waals surface area contributed by atoms with Crippen LogP contribution in [0.2, 0.25) is 0 Å². The Kier molecular flexibility index (Phi) is 3.73. The van der Waals surface area contributed by atoms with Crippen LogP contribution in [0.15, 0.2) is 24.3 Å². The first kappa shape index (κ1) is 10.5. The highest BCUT2D eigenvalue weighted by atomic mass is 16.3. The summed E-state index contributed by atoms with van der Waals surface area (Å²) in [5, 5.41) is 9.48. The minimum absolute atomic E-state index is 0.555. The van der Waals surface area contributed by atoms with Crippen molar-refractivity contribution in [1.29, 1.82) is 0 Å². The van der Waals surface area contributed by atoms with Crippen molar-refractivity contribution in [2.45, 2.75) is 45.1 Å². The van der Waals surface area contributed by atoms with Crippen LogP contribution in [-0.4, -0.2) is 10.7 Å². The molecule has 0 bridgehead atoms. The van der Waals surface area contributed by atoms with Crippen molar-refractivity contribution in [2.75, 3.05) is 0 Å². The zero-order valence-electron chi connectivity index (χ0n) is 8.66. The lowest BCUT2D eigenvalue weighted by Crippen LogP contribution is -2.16. The summed E-state index contributed by atoms with van der Waals surface area (Å²) in [6.45, 7) is 3.69. The van der Waals surface area contributed by atoms with Gasteiger partial charge in [0.05, 0.1) is 5.60 Å². The van der Waals surface area contributed by atoms with E-state index in [1.54, 1.807) is 0 Å². The Labute approximate surface area is 81.2 Å². The highest BCUT2D eigenvalue weighted by Gasteiger charge is 2.10. The standard InChI is InChI=1S/C12H20O/c1-12(2,13)10-6-9-11-7-4-3-5-8-11/h3-4,6,9,11,13H,5,7-8,10H2,1-2H3/b9-6+. The van der Waals surface area contributed by atoms with Crippen LogP contribution in [0.4, 0.5) is 0 Å². The van der Waals surface area contributed by atoms with Crippen molar-refractivity contribution in [1.82, 2.24) is 0 Å². The number of hydrogen-bond donors (Lipinski definition) is 1. The fraction of sp³-hybridized carbons (Fsp3) is 0.667. The van der Waals surface area contributed by atoms with Crippen molar-refractivity contribution >= 4 is 0 Å². The SMILES string of the molecule is CC(C)(O)C/C=C/C1CC=CCC1. The highest BCUT2D eigenvalue weighted by Crippen LogP contribution is 2.20. The van der Waals surface area contributed by atoms with Crippen LogP contribution in [0.3, 0.4) is 0 Å². The minimum Gasteiger partial charge on any atom is -0.390 e. The van der Waals surface area contributed by atoms with E-state index in [0.717, 1.165) is 6.42 Å². The van der Waals surface area contributed by atoms with Gasteiger partial charge in [0.15, 0.2) is 0 Å². The van der Waals surface area contributed by atoms with E-state index in [-0.39, 0.29) is 0 Å². The van der Waals surface area contributed by atoms with E-state index in [1.807, 2.05) is 13.8 Å². The Morgan fingerprint density at radius 2 is 2.23 bits per heavy atom. The smallest absolute Gasteiger partial charge is 0.0626 e. The molecule has 0 aromatic carbocycles. The van der Waals surface area contributed by atoms with E-state index in [9.17, 15) is 5.11 Å². The van der Waals surface area contributed by atoms with Gasteiger partial charge in [-0.25, -0.2) is 0 Å². The molecule has 0 aromatic heterocycles. The maximum atomic E-state index is 9.48. The Bertz CT molecular complexity index is 196. The van der Waals surface area contributed by atoms with E-state index in [1.165, 1.54) is 19.3 Å². The zero-order valence-corrected chi connectivity index (χ0v) is 8.66. The molecule has 1 rings (SSSR count). The second-order valence-electron chi connectivity index (χ2n) is 4.49. The van der Waals surface area contributed by atoms with Crippen LogP contribution < -0.4 is 0 Å². The summed E-state index contributed by atoms with van der Waals surface area (Å²) < 4.78 is 0. The third-order valence-corrected chi connectivity index (χ3v) is 2.34. The van der Waals surface area contributed by atoms with Gasteiger partial charge in [-0.2, -0.15) is 0 Å². The highest BCUT2D eigenvalue weighted by molar-refractivity contribution is 4.99. The van der Waals surface area contributed by atoms with Gasteiger partial charge in [0, 0.05) is 0 Å². The van der Waals surface area contributed by atoms with E-state index < -0.39 is 5.60 Å². The lowest BCUT2D eigenvalue weighted by atomic mass is 9.93. The molecular formula is C12H20O. The van der Waals surface area contributed by atoms with Gasteiger partial charge in [-0.05, 0) is 45.4 Å². The van der Waals surface area contributed by atoms with Gasteiger partial charge in [-0.15, -0.1) is 0 Å². The first-order chi connectivity index (χ1) is 6.08. The van der Waals surface area contributed by atoms with E-state index >= 15 is 0 Å². The molecule has 0 amide bonds. The molecule has 0 aliphatic heterocycles. The normalized spacial score (nSPS) is 24.1. The maximum Gasteiger partial charge on any atom is 0.0626 e. The van der Waals surface area contributed by atoms with Crippen LogP contribution in [0.5, 0.6) is 0 Å². The summed E-state index contributed by atoms with van der Waals surface area (Å²) in [5.41, 5.74) is -0.555. The van der Waals surface area contributed by atoms with Gasteiger partial charge in [-0.3, -0.25) is 0 Å². The molecule has 13 heavy (non-hydrogen) atoms. The summed E-state index contributed by atoms with van der Waals surface area (Å²) in [6, 6.07) is 0. The molecule has 1 N–H and O–H groups in total. The Morgan fingerprint density at radius 3 is 2.77 bits per heavy atom. The second kappa shape index (κ2) is 4.61. The van der Waals surface area contributed by atoms with E-state index in [2.05, 4.69) is 24.3 Å². The number of allylic oxidation sites excluding steroid dienone is 3. The largest absolute Gasteiger partial charge is 0.390 e. The minimum atomic E-state index is -0.555. The quantitative estimate of drug-likeness (QED) is 0.662. The van der Waals surface area contributed by atoms with Gasteiger partial charge >= 0.3 is 0 Å². The summed E-state index contributed by atoms with van der Waals surface area (Å²) >= 11 is 0. The Hall–Kier alpha value is -0.560. The number of hydrogen-bond acceptors (Lipinski definition) is 1. The fourth-order valence-electron chi connectivity index (χ4n) is 1.54. The van der Waals surface area contributed by atoms with Gasteiger partial charge < -0.3 is 5.11 Å². The van der Waals surface area contributed by atoms with E-state index in [0.29, 0.717) is 5.92 Å². The van der Waals surface area contributed by atoms with Crippen molar-refractivity contribution in [3.63, 3.8) is 0 Å². The predicted octanol–water partition coefficient (Wildman–Crippen LogP) is 3.06. The zero-order chi connectivity index (χ0) is 9.73. The maximum absolute atomic E-state index is 9.48. The van der Waals surface area contributed by atoms with Crippen LogP contribution in [0.25, 0.3) is 0 Å². The second-order valence-corrected chi connectivity index (χ2v) is 4.49. The third kappa shape index (κ3) is 4.89. The molecule has 0 saturated heterocycles. The average Bonchev–Trinajstić information content (AvgIpc) is 2.04. The van der Waals surface area contributed by atoms with E-state index in [4.69, 9.17) is 0 Å². The third-order valence-electron chi connectivity index (χ3n) is 2.34. The lowest BCUT2D eigenvalue weighted by molar-refractivity contribution is 0.0837. The summed E-state index contributed by atoms with van der Waals surface area (Å²) in [4.78, 5) is 0. The molecule has 1 aliphatic rings. The molecule has 0 radical (unpaired) electrons. The molecule has 0 heterocycles. The molecule has 1 unspecified atom stereocenters. The molecule has 0 fully saturated rings. The van der Waals surface area contributed by atoms with Crippen molar-refractivity contribution in [3.05, 3.63) is 24.3 Å². The Balaban J connectivity index is 2.27. The monoisotopic (exact) mass is 180 g/mol. The van der Waals surface area contributed by atoms with Crippen LogP contribution >= 0.6 is 0 Å². The topological polar surface area (TPSA) is 20.2 Å². The molecular weight excluding hydrogens is 160 g/mol. The van der Waals surface area contributed by atoms with Crippen molar-refractivity contribution in [2.24, 2.45) is 5.92 Å². The van der Waals surface area contributed by atoms with Gasteiger partial charge in [0.2, 0.25) is 0 Å². The van der Waals surface area contributed by atoms with Crippen molar-refractivity contribution in [3.8, 4) is 0 Å². The van der Waals surface area contributed by atoms with Gasteiger partial charge in [0.25, 0.3) is 0 Å². The number of aliphatic hydroxyl groups is 1. The average molecular weight is 180 g/mol. The van der Waals surface area contributed by atoms with Crippen LogP contribution in [-0.2, 0) is 0 Å². The fourth-order valence-corrected chi connectivity index (χ4v) is 1.54. The molecule has 0 saturated carbocycles. The molecule has 1 nitrogen and oxygen atoms in total. The predicted molar refractivity (Wildman–Crippen MR) is 56.5 cm³/mol. The van der Waals surface area contributed by atoms with Gasteiger partial charge in [0.1, 0.15) is 0 Å². The molecule has 0 spiro atoms. The molecule has 1 heteroatoms. The van der Waals surface area contributed by atoms with Crippen LogP contribution in [0, 0.1) is 5.92 Å². The molecule has 1 aliphatic carbocycles.